The van der Waals surface area contributed by atoms with Crippen LogP contribution in [0.5, 0.6) is 0 Å². The molecule has 0 aliphatic carbocycles. The van der Waals surface area contributed by atoms with E-state index in [-0.39, 0.29) is 0 Å². The second-order valence-corrected chi connectivity index (χ2v) is 6.03. The Hall–Kier alpha value is -1.98. The molecule has 0 radical (unpaired) electrons. The molecule has 2 aromatic carbocycles. The lowest BCUT2D eigenvalue weighted by Gasteiger charge is -2.00. The molecule has 0 spiro atoms. The monoisotopic (exact) mass is 371 g/mol. The molecule has 0 aliphatic heterocycles. The molecule has 0 atom stereocenters. The summed E-state index contributed by atoms with van der Waals surface area (Å²) in [5, 5.41) is 7.90. The molecule has 0 bridgehead atoms. The number of halogens is 1. The fraction of sp³-hybridized carbons (Fsp3) is 0.0588. The molecule has 0 amide bonds. The largest absolute Gasteiger partial charge is 0.253 e. The standard InChI is InChI=1S/C17H14BrN3S/c18-10-14-8-4-5-9-15(14)11-19-21-17-20-16(12-22-17)13-6-2-1-3-7-13/h1-9,11-12H,10H2,(H,20,21). The Kier molecular flexibility index (Phi) is 4.98. The van der Waals surface area contributed by atoms with Gasteiger partial charge < -0.3 is 0 Å². The number of nitrogens with one attached hydrogen (secondary N) is 1. The zero-order chi connectivity index (χ0) is 15.2. The summed E-state index contributed by atoms with van der Waals surface area (Å²) in [6.45, 7) is 0. The van der Waals surface area contributed by atoms with Crippen molar-refractivity contribution in [2.75, 3.05) is 5.43 Å². The van der Waals surface area contributed by atoms with E-state index in [1.54, 1.807) is 11.3 Å². The zero-order valence-electron chi connectivity index (χ0n) is 11.7. The molecule has 1 heterocycles. The van der Waals surface area contributed by atoms with E-state index in [2.05, 4.69) is 37.5 Å². The predicted molar refractivity (Wildman–Crippen MR) is 97.8 cm³/mol. The van der Waals surface area contributed by atoms with E-state index in [1.807, 2.05) is 60.1 Å². The van der Waals surface area contributed by atoms with Crippen LogP contribution < -0.4 is 5.43 Å². The van der Waals surface area contributed by atoms with Crippen molar-refractivity contribution in [2.24, 2.45) is 5.10 Å². The van der Waals surface area contributed by atoms with E-state index in [0.29, 0.717) is 0 Å². The summed E-state index contributed by atoms with van der Waals surface area (Å²) in [4.78, 5) is 4.54. The zero-order valence-corrected chi connectivity index (χ0v) is 14.1. The number of thiazole rings is 1. The lowest BCUT2D eigenvalue weighted by Crippen LogP contribution is -1.93. The maximum Gasteiger partial charge on any atom is 0.203 e. The average molecular weight is 372 g/mol. The third kappa shape index (κ3) is 3.61. The highest BCUT2D eigenvalue weighted by Crippen LogP contribution is 2.24. The minimum absolute atomic E-state index is 0.784. The quantitative estimate of drug-likeness (QED) is 0.382. The van der Waals surface area contributed by atoms with Gasteiger partial charge in [-0.1, -0.05) is 70.5 Å². The normalized spacial score (nSPS) is 11.0. The molecule has 0 unspecified atom stereocenters. The van der Waals surface area contributed by atoms with E-state index in [0.717, 1.165) is 27.3 Å². The predicted octanol–water partition coefficient (Wildman–Crippen LogP) is 5.15. The van der Waals surface area contributed by atoms with Crippen LogP contribution in [0.25, 0.3) is 11.3 Å². The van der Waals surface area contributed by atoms with Crippen LogP contribution in [0.3, 0.4) is 0 Å². The number of nitrogens with zero attached hydrogens (tertiary/aromatic N) is 2. The molecule has 0 aliphatic rings. The van der Waals surface area contributed by atoms with Crippen LogP contribution in [0.15, 0.2) is 65.1 Å². The highest BCUT2D eigenvalue weighted by molar-refractivity contribution is 9.08. The molecular formula is C17H14BrN3S. The number of hydrogen-bond acceptors (Lipinski definition) is 4. The van der Waals surface area contributed by atoms with Gasteiger partial charge in [-0.25, -0.2) is 4.98 Å². The highest BCUT2D eigenvalue weighted by atomic mass is 79.9. The first-order valence-corrected chi connectivity index (χ1v) is 8.81. The van der Waals surface area contributed by atoms with Gasteiger partial charge in [0.1, 0.15) is 0 Å². The summed E-state index contributed by atoms with van der Waals surface area (Å²) in [7, 11) is 0. The van der Waals surface area contributed by atoms with E-state index in [1.165, 1.54) is 5.56 Å². The van der Waals surface area contributed by atoms with Gasteiger partial charge >= 0.3 is 0 Å². The van der Waals surface area contributed by atoms with Gasteiger partial charge in [0.15, 0.2) is 0 Å². The van der Waals surface area contributed by atoms with Crippen LogP contribution in [0.4, 0.5) is 5.13 Å². The van der Waals surface area contributed by atoms with Crippen LogP contribution in [0, 0.1) is 0 Å². The van der Waals surface area contributed by atoms with Gasteiger partial charge in [-0.15, -0.1) is 11.3 Å². The summed E-state index contributed by atoms with van der Waals surface area (Å²) in [6, 6.07) is 18.3. The first-order chi connectivity index (χ1) is 10.9. The molecule has 22 heavy (non-hydrogen) atoms. The molecule has 110 valence electrons. The molecular weight excluding hydrogens is 358 g/mol. The Morgan fingerprint density at radius 3 is 2.68 bits per heavy atom. The van der Waals surface area contributed by atoms with Crippen LogP contribution in [-0.4, -0.2) is 11.2 Å². The summed E-state index contributed by atoms with van der Waals surface area (Å²) in [5.41, 5.74) is 7.37. The number of rotatable bonds is 5. The second kappa shape index (κ2) is 7.33. The summed E-state index contributed by atoms with van der Waals surface area (Å²) < 4.78 is 0. The number of alkyl halides is 1. The fourth-order valence-corrected chi connectivity index (χ4v) is 3.18. The van der Waals surface area contributed by atoms with Crippen LogP contribution in [0.2, 0.25) is 0 Å². The number of hydrazone groups is 1. The molecule has 3 aromatic rings. The molecule has 0 saturated carbocycles. The van der Waals surface area contributed by atoms with E-state index >= 15 is 0 Å². The third-order valence-corrected chi connectivity index (χ3v) is 4.49. The molecule has 0 fully saturated rings. The lowest BCUT2D eigenvalue weighted by molar-refractivity contribution is 1.28. The van der Waals surface area contributed by atoms with Gasteiger partial charge in [-0.05, 0) is 11.1 Å². The van der Waals surface area contributed by atoms with Crippen molar-refractivity contribution < 1.29 is 0 Å². The van der Waals surface area contributed by atoms with Gasteiger partial charge in [-0.2, -0.15) is 5.10 Å². The minimum Gasteiger partial charge on any atom is -0.253 e. The van der Waals surface area contributed by atoms with E-state index in [4.69, 9.17) is 0 Å². The first-order valence-electron chi connectivity index (χ1n) is 6.81. The molecule has 1 N–H and O–H groups in total. The van der Waals surface area contributed by atoms with Crippen LogP contribution in [-0.2, 0) is 5.33 Å². The Morgan fingerprint density at radius 1 is 1.09 bits per heavy atom. The Balaban J connectivity index is 1.70. The van der Waals surface area contributed by atoms with Crippen LogP contribution in [0.1, 0.15) is 11.1 Å². The summed E-state index contributed by atoms with van der Waals surface area (Å²) in [6.07, 6.45) is 1.82. The Bertz CT molecular complexity index is 768. The van der Waals surface area contributed by atoms with Gasteiger partial charge in [0.25, 0.3) is 0 Å². The number of hydrogen-bond donors (Lipinski definition) is 1. The maximum atomic E-state index is 4.54. The minimum atomic E-state index is 0.784. The molecule has 1 aromatic heterocycles. The number of aromatic nitrogens is 1. The Labute approximate surface area is 141 Å². The summed E-state index contributed by atoms with van der Waals surface area (Å²) >= 11 is 5.03. The maximum absolute atomic E-state index is 4.54. The van der Waals surface area contributed by atoms with Crippen molar-refractivity contribution in [3.05, 3.63) is 71.1 Å². The highest BCUT2D eigenvalue weighted by Gasteiger charge is 2.03. The number of benzene rings is 2. The van der Waals surface area contributed by atoms with Crippen molar-refractivity contribution in [3.63, 3.8) is 0 Å². The van der Waals surface area contributed by atoms with Crippen molar-refractivity contribution in [1.82, 2.24) is 4.98 Å². The van der Waals surface area contributed by atoms with Gasteiger partial charge in [-0.3, -0.25) is 5.43 Å². The van der Waals surface area contributed by atoms with Crippen molar-refractivity contribution in [3.8, 4) is 11.3 Å². The topological polar surface area (TPSA) is 37.3 Å². The van der Waals surface area contributed by atoms with Crippen LogP contribution >= 0.6 is 27.3 Å². The van der Waals surface area contributed by atoms with E-state index < -0.39 is 0 Å². The van der Waals surface area contributed by atoms with Crippen molar-refractivity contribution >= 4 is 38.6 Å². The number of anilines is 1. The molecule has 5 heteroatoms. The SMILES string of the molecule is BrCc1ccccc1C=NNc1nc(-c2ccccc2)cs1. The smallest absolute Gasteiger partial charge is 0.203 e. The molecule has 0 saturated heterocycles. The average Bonchev–Trinajstić information content (AvgIpc) is 3.05. The Morgan fingerprint density at radius 2 is 1.86 bits per heavy atom. The fourth-order valence-electron chi connectivity index (χ4n) is 2.01. The molecule has 3 rings (SSSR count). The van der Waals surface area contributed by atoms with Gasteiger partial charge in [0, 0.05) is 16.3 Å². The van der Waals surface area contributed by atoms with Crippen molar-refractivity contribution in [1.29, 1.82) is 0 Å². The molecule has 3 nitrogen and oxygen atoms in total. The van der Waals surface area contributed by atoms with Crippen molar-refractivity contribution in [2.45, 2.75) is 5.33 Å². The van der Waals surface area contributed by atoms with Gasteiger partial charge in [0.2, 0.25) is 5.13 Å². The second-order valence-electron chi connectivity index (χ2n) is 4.61. The first kappa shape index (κ1) is 14.9. The van der Waals surface area contributed by atoms with E-state index in [9.17, 15) is 0 Å². The lowest BCUT2D eigenvalue weighted by atomic mass is 10.1. The van der Waals surface area contributed by atoms with Gasteiger partial charge in [0.05, 0.1) is 11.9 Å². The summed E-state index contributed by atoms with van der Waals surface area (Å²) in [5.74, 6) is 0. The third-order valence-electron chi connectivity index (χ3n) is 3.14.